The summed E-state index contributed by atoms with van der Waals surface area (Å²) < 4.78 is 10.0. The molecule has 2 rings (SSSR count). The Balaban J connectivity index is 1.82. The van der Waals surface area contributed by atoms with E-state index in [4.69, 9.17) is 9.47 Å². The highest BCUT2D eigenvalue weighted by Crippen LogP contribution is 2.21. The van der Waals surface area contributed by atoms with Gasteiger partial charge in [-0.25, -0.2) is 4.98 Å². The van der Waals surface area contributed by atoms with Crippen LogP contribution in [0.3, 0.4) is 0 Å². The number of hydrogen-bond donors (Lipinski definition) is 1. The summed E-state index contributed by atoms with van der Waals surface area (Å²) in [5, 5.41) is 3.34. The Morgan fingerprint density at radius 2 is 2.23 bits per heavy atom. The van der Waals surface area contributed by atoms with Crippen LogP contribution in [-0.2, 0) is 20.7 Å². The molecule has 1 N–H and O–H groups in total. The lowest BCUT2D eigenvalue weighted by molar-refractivity contribution is -0.121. The van der Waals surface area contributed by atoms with E-state index < -0.39 is 0 Å². The van der Waals surface area contributed by atoms with Crippen LogP contribution in [0.4, 0.5) is 5.13 Å². The lowest BCUT2D eigenvalue weighted by Crippen LogP contribution is -2.19. The summed E-state index contributed by atoms with van der Waals surface area (Å²) in [5.41, 5.74) is 2.48. The van der Waals surface area contributed by atoms with Gasteiger partial charge in [0.2, 0.25) is 0 Å². The van der Waals surface area contributed by atoms with E-state index in [-0.39, 0.29) is 12.5 Å². The number of amides is 1. The molecule has 0 aliphatic carbocycles. The van der Waals surface area contributed by atoms with Gasteiger partial charge in [0.25, 0.3) is 5.91 Å². The largest absolute Gasteiger partial charge is 0.382 e. The quantitative estimate of drug-likeness (QED) is 0.760. The van der Waals surface area contributed by atoms with Crippen LogP contribution in [0.15, 0.2) is 30.5 Å². The standard InChI is InChI=1S/C16H20N2O3S/c1-12-4-3-5-13(8-12)9-14-10-17-16(22-14)18-15(19)11-21-7-6-20-2/h3-5,8,10H,6-7,9,11H2,1-2H3,(H,17,18,19). The molecule has 0 saturated carbocycles. The van der Waals surface area contributed by atoms with Crippen LogP contribution in [0.2, 0.25) is 0 Å². The zero-order chi connectivity index (χ0) is 15.8. The molecular weight excluding hydrogens is 300 g/mol. The van der Waals surface area contributed by atoms with Gasteiger partial charge in [-0.05, 0) is 12.5 Å². The molecule has 1 heterocycles. The van der Waals surface area contributed by atoms with Crippen molar-refractivity contribution in [1.82, 2.24) is 4.98 Å². The molecule has 0 spiro atoms. The fourth-order valence-electron chi connectivity index (χ4n) is 1.93. The van der Waals surface area contributed by atoms with Crippen LogP contribution in [0.1, 0.15) is 16.0 Å². The minimum Gasteiger partial charge on any atom is -0.382 e. The van der Waals surface area contributed by atoms with Crippen LogP contribution < -0.4 is 5.32 Å². The van der Waals surface area contributed by atoms with Crippen molar-refractivity contribution in [2.75, 3.05) is 32.2 Å². The van der Waals surface area contributed by atoms with Crippen molar-refractivity contribution >= 4 is 22.4 Å². The monoisotopic (exact) mass is 320 g/mol. The minimum atomic E-state index is -0.201. The lowest BCUT2D eigenvalue weighted by atomic mass is 10.1. The molecule has 0 atom stereocenters. The number of methoxy groups -OCH3 is 1. The minimum absolute atomic E-state index is 0.0101. The van der Waals surface area contributed by atoms with Crippen molar-refractivity contribution in [2.45, 2.75) is 13.3 Å². The highest BCUT2D eigenvalue weighted by molar-refractivity contribution is 7.15. The third-order valence-corrected chi connectivity index (χ3v) is 3.84. The molecule has 6 heteroatoms. The number of aryl methyl sites for hydroxylation is 1. The first kappa shape index (κ1) is 16.6. The van der Waals surface area contributed by atoms with Gasteiger partial charge in [-0.2, -0.15) is 0 Å². The summed E-state index contributed by atoms with van der Waals surface area (Å²) in [4.78, 5) is 17.0. The molecule has 2 aromatic rings. The third kappa shape index (κ3) is 5.55. The first-order chi connectivity index (χ1) is 10.7. The fraction of sp³-hybridized carbons (Fsp3) is 0.375. The van der Waals surface area contributed by atoms with Crippen molar-refractivity contribution in [3.05, 3.63) is 46.5 Å². The van der Waals surface area contributed by atoms with E-state index in [9.17, 15) is 4.79 Å². The molecule has 1 aromatic carbocycles. The normalized spacial score (nSPS) is 10.6. The molecule has 22 heavy (non-hydrogen) atoms. The Morgan fingerprint density at radius 1 is 1.36 bits per heavy atom. The van der Waals surface area contributed by atoms with E-state index >= 15 is 0 Å². The van der Waals surface area contributed by atoms with E-state index in [0.717, 1.165) is 11.3 Å². The Bertz CT molecular complexity index is 613. The first-order valence-electron chi connectivity index (χ1n) is 7.04. The Labute approximate surface area is 134 Å². The predicted molar refractivity (Wildman–Crippen MR) is 87.4 cm³/mol. The molecule has 0 radical (unpaired) electrons. The van der Waals surface area contributed by atoms with Gasteiger partial charge in [0.15, 0.2) is 5.13 Å². The van der Waals surface area contributed by atoms with Crippen molar-refractivity contribution in [1.29, 1.82) is 0 Å². The highest BCUT2D eigenvalue weighted by atomic mass is 32.1. The predicted octanol–water partition coefficient (Wildman–Crippen LogP) is 2.64. The molecular formula is C16H20N2O3S. The van der Waals surface area contributed by atoms with Gasteiger partial charge in [-0.15, -0.1) is 11.3 Å². The fourth-order valence-corrected chi connectivity index (χ4v) is 2.80. The SMILES string of the molecule is COCCOCC(=O)Nc1ncc(Cc2cccc(C)c2)s1. The van der Waals surface area contributed by atoms with Crippen LogP contribution >= 0.6 is 11.3 Å². The number of carbonyl (C=O) groups is 1. The lowest BCUT2D eigenvalue weighted by Gasteiger charge is -2.03. The van der Waals surface area contributed by atoms with E-state index in [2.05, 4.69) is 35.4 Å². The summed E-state index contributed by atoms with van der Waals surface area (Å²) in [5.74, 6) is -0.201. The summed E-state index contributed by atoms with van der Waals surface area (Å²) in [6.45, 7) is 2.97. The van der Waals surface area contributed by atoms with Crippen molar-refractivity contribution in [2.24, 2.45) is 0 Å². The van der Waals surface area contributed by atoms with E-state index in [1.54, 1.807) is 13.3 Å². The van der Waals surface area contributed by atoms with Gasteiger partial charge in [0.1, 0.15) is 6.61 Å². The number of ether oxygens (including phenoxy) is 2. The van der Waals surface area contributed by atoms with E-state index in [1.165, 1.54) is 22.5 Å². The number of anilines is 1. The maximum Gasteiger partial charge on any atom is 0.252 e. The van der Waals surface area contributed by atoms with Crippen LogP contribution in [0, 0.1) is 6.92 Å². The van der Waals surface area contributed by atoms with Gasteiger partial charge < -0.3 is 9.47 Å². The van der Waals surface area contributed by atoms with Gasteiger partial charge in [-0.3, -0.25) is 10.1 Å². The summed E-state index contributed by atoms with van der Waals surface area (Å²) >= 11 is 1.48. The number of rotatable bonds is 8. The number of nitrogens with zero attached hydrogens (tertiary/aromatic N) is 1. The van der Waals surface area contributed by atoms with Gasteiger partial charge in [0, 0.05) is 24.6 Å². The van der Waals surface area contributed by atoms with E-state index in [0.29, 0.717) is 18.3 Å². The van der Waals surface area contributed by atoms with E-state index in [1.807, 2.05) is 6.07 Å². The molecule has 0 saturated heterocycles. The number of aromatic nitrogens is 1. The number of carbonyl (C=O) groups excluding carboxylic acids is 1. The molecule has 118 valence electrons. The van der Waals surface area contributed by atoms with Gasteiger partial charge >= 0.3 is 0 Å². The molecule has 0 bridgehead atoms. The molecule has 1 amide bonds. The molecule has 0 fully saturated rings. The first-order valence-corrected chi connectivity index (χ1v) is 7.86. The second kappa shape index (κ2) is 8.63. The van der Waals surface area contributed by atoms with Crippen molar-refractivity contribution in [3.8, 4) is 0 Å². The summed E-state index contributed by atoms with van der Waals surface area (Å²) in [6.07, 6.45) is 2.62. The average Bonchev–Trinajstić information content (AvgIpc) is 2.91. The van der Waals surface area contributed by atoms with Crippen molar-refractivity contribution < 1.29 is 14.3 Å². The smallest absolute Gasteiger partial charge is 0.252 e. The number of hydrogen-bond acceptors (Lipinski definition) is 5. The summed E-state index contributed by atoms with van der Waals surface area (Å²) in [7, 11) is 1.59. The van der Waals surface area contributed by atoms with Crippen molar-refractivity contribution in [3.63, 3.8) is 0 Å². The molecule has 1 aromatic heterocycles. The van der Waals surface area contributed by atoms with Gasteiger partial charge in [-0.1, -0.05) is 29.8 Å². The topological polar surface area (TPSA) is 60.5 Å². The average molecular weight is 320 g/mol. The third-order valence-electron chi connectivity index (χ3n) is 2.93. The van der Waals surface area contributed by atoms with Crippen LogP contribution in [-0.4, -0.2) is 37.8 Å². The molecule has 0 unspecified atom stereocenters. The molecule has 5 nitrogen and oxygen atoms in total. The van der Waals surface area contributed by atoms with Gasteiger partial charge in [0.05, 0.1) is 13.2 Å². The maximum absolute atomic E-state index is 11.7. The maximum atomic E-state index is 11.7. The Morgan fingerprint density at radius 3 is 3.00 bits per heavy atom. The van der Waals surface area contributed by atoms with Crippen LogP contribution in [0.5, 0.6) is 0 Å². The number of nitrogens with one attached hydrogen (secondary N) is 1. The van der Waals surface area contributed by atoms with Crippen LogP contribution in [0.25, 0.3) is 0 Å². The second-order valence-corrected chi connectivity index (χ2v) is 6.01. The highest BCUT2D eigenvalue weighted by Gasteiger charge is 2.07. The zero-order valence-corrected chi connectivity index (χ0v) is 13.6. The number of thiazole rings is 1. The Hall–Kier alpha value is -1.76. The second-order valence-electron chi connectivity index (χ2n) is 4.89. The molecule has 0 aliphatic rings. The Kier molecular flexibility index (Phi) is 6.51. The molecule has 0 aliphatic heterocycles. The number of benzene rings is 1. The summed E-state index contributed by atoms with van der Waals surface area (Å²) in [6, 6.07) is 8.37. The zero-order valence-electron chi connectivity index (χ0n) is 12.8.